The fourth-order valence-electron chi connectivity index (χ4n) is 1.27. The van der Waals surface area contributed by atoms with Crippen molar-refractivity contribution in [1.82, 2.24) is 24.9 Å². The molecule has 18 heavy (non-hydrogen) atoms. The lowest BCUT2D eigenvalue weighted by atomic mass is 10.4. The quantitative estimate of drug-likeness (QED) is 0.402. The lowest BCUT2D eigenvalue weighted by Gasteiger charge is -2.09. The molecule has 0 unspecified atom stereocenters. The van der Waals surface area contributed by atoms with Crippen molar-refractivity contribution in [3.05, 3.63) is 30.6 Å². The number of hydrogen-bond donors (Lipinski definition) is 4. The van der Waals surface area contributed by atoms with Crippen LogP contribution in [0.1, 0.15) is 5.82 Å². The zero-order valence-corrected chi connectivity index (χ0v) is 9.98. The van der Waals surface area contributed by atoms with Crippen molar-refractivity contribution in [2.24, 2.45) is 5.84 Å². The molecular formula is C8H11N7O2S. The van der Waals surface area contributed by atoms with Gasteiger partial charge >= 0.3 is 0 Å². The van der Waals surface area contributed by atoms with Crippen LogP contribution in [0.4, 0.5) is 5.69 Å². The zero-order chi connectivity index (χ0) is 13.0. The van der Waals surface area contributed by atoms with Crippen LogP contribution in [0.15, 0.2) is 29.7 Å². The van der Waals surface area contributed by atoms with Crippen molar-refractivity contribution in [3.63, 3.8) is 0 Å². The highest BCUT2D eigenvalue weighted by molar-refractivity contribution is 7.89. The maximum atomic E-state index is 12.0. The molecule has 0 aliphatic carbocycles. The highest BCUT2D eigenvalue weighted by Gasteiger charge is 2.18. The highest BCUT2D eigenvalue weighted by atomic mass is 32.2. The number of sulfonamides is 1. The Labute approximate surface area is 103 Å². The number of nitrogens with zero attached hydrogens (tertiary/aromatic N) is 3. The lowest BCUT2D eigenvalue weighted by molar-refractivity contribution is 0.579. The summed E-state index contributed by atoms with van der Waals surface area (Å²) in [5.41, 5.74) is 2.56. The summed E-state index contributed by atoms with van der Waals surface area (Å²) in [4.78, 5) is 7.52. The number of pyridine rings is 1. The second-order valence-electron chi connectivity index (χ2n) is 3.27. The van der Waals surface area contributed by atoms with Gasteiger partial charge in [0.15, 0.2) is 0 Å². The number of rotatable bonds is 5. The summed E-state index contributed by atoms with van der Waals surface area (Å²) in [5, 5.41) is 6.16. The molecule has 2 rings (SSSR count). The Morgan fingerprint density at radius 3 is 2.94 bits per heavy atom. The smallest absolute Gasteiger partial charge is 0.244 e. The zero-order valence-electron chi connectivity index (χ0n) is 9.16. The Balaban J connectivity index is 2.20. The molecule has 2 aromatic heterocycles. The summed E-state index contributed by atoms with van der Waals surface area (Å²) in [7, 11) is -3.72. The average molecular weight is 269 g/mol. The van der Waals surface area contributed by atoms with Crippen molar-refractivity contribution >= 4 is 15.7 Å². The van der Waals surface area contributed by atoms with E-state index in [1.807, 2.05) is 0 Å². The topological polar surface area (TPSA) is 139 Å². The minimum Gasteiger partial charge on any atom is -0.323 e. The number of nitrogens with one attached hydrogen (secondary N) is 3. The van der Waals surface area contributed by atoms with Crippen LogP contribution in [-0.4, -0.2) is 28.6 Å². The molecule has 2 heterocycles. The molecule has 0 spiro atoms. The van der Waals surface area contributed by atoms with E-state index >= 15 is 0 Å². The number of H-pyrrole nitrogens is 1. The molecular weight excluding hydrogens is 258 g/mol. The van der Waals surface area contributed by atoms with Crippen LogP contribution in [0.2, 0.25) is 0 Å². The maximum absolute atomic E-state index is 12.0. The third-order valence-electron chi connectivity index (χ3n) is 2.12. The minimum atomic E-state index is -3.72. The van der Waals surface area contributed by atoms with E-state index in [4.69, 9.17) is 5.84 Å². The number of aromatic nitrogens is 4. The van der Waals surface area contributed by atoms with Crippen LogP contribution in [0.25, 0.3) is 0 Å². The fraction of sp³-hybridized carbons (Fsp3) is 0.125. The first-order valence-electron chi connectivity index (χ1n) is 4.88. The number of hydrogen-bond acceptors (Lipinski definition) is 7. The molecule has 5 N–H and O–H groups in total. The summed E-state index contributed by atoms with van der Waals surface area (Å²) >= 11 is 0. The molecule has 0 saturated carbocycles. The molecule has 9 nitrogen and oxygen atoms in total. The summed E-state index contributed by atoms with van der Waals surface area (Å²) in [6, 6.07) is 1.46. The van der Waals surface area contributed by atoms with Crippen LogP contribution in [0, 0.1) is 0 Å². The van der Waals surface area contributed by atoms with Gasteiger partial charge in [0, 0.05) is 12.4 Å². The van der Waals surface area contributed by atoms with E-state index in [0.29, 0.717) is 5.82 Å². The van der Waals surface area contributed by atoms with Gasteiger partial charge in [0.1, 0.15) is 17.0 Å². The van der Waals surface area contributed by atoms with Gasteiger partial charge in [-0.15, -0.1) is 0 Å². The Hall–Kier alpha value is -2.04. The maximum Gasteiger partial charge on any atom is 0.244 e. The van der Waals surface area contributed by atoms with E-state index in [1.54, 1.807) is 0 Å². The van der Waals surface area contributed by atoms with Gasteiger partial charge in [0.2, 0.25) is 10.0 Å². The van der Waals surface area contributed by atoms with Gasteiger partial charge in [-0.3, -0.25) is 15.9 Å². The lowest BCUT2D eigenvalue weighted by Crippen LogP contribution is -2.25. The second kappa shape index (κ2) is 5.08. The highest BCUT2D eigenvalue weighted by Crippen LogP contribution is 2.17. The minimum absolute atomic E-state index is 0.00123. The van der Waals surface area contributed by atoms with Crippen molar-refractivity contribution < 1.29 is 8.42 Å². The van der Waals surface area contributed by atoms with E-state index in [9.17, 15) is 8.42 Å². The van der Waals surface area contributed by atoms with Gasteiger partial charge in [0.25, 0.3) is 0 Å². The molecule has 0 atom stereocenters. The van der Waals surface area contributed by atoms with Crippen molar-refractivity contribution in [1.29, 1.82) is 0 Å². The summed E-state index contributed by atoms with van der Waals surface area (Å²) < 4.78 is 26.4. The predicted octanol–water partition coefficient (Wildman–Crippen LogP) is -1.04. The van der Waals surface area contributed by atoms with Crippen LogP contribution in [0.3, 0.4) is 0 Å². The molecule has 0 fully saturated rings. The summed E-state index contributed by atoms with van der Waals surface area (Å²) in [5.74, 6) is 5.65. The van der Waals surface area contributed by atoms with Crippen LogP contribution >= 0.6 is 0 Å². The van der Waals surface area contributed by atoms with Gasteiger partial charge in [0.05, 0.1) is 12.2 Å². The average Bonchev–Trinajstić information content (AvgIpc) is 2.89. The van der Waals surface area contributed by atoms with Gasteiger partial charge in [-0.1, -0.05) is 0 Å². The molecule has 96 valence electrons. The second-order valence-corrected chi connectivity index (χ2v) is 5.01. The SMILES string of the molecule is NNc1ccncc1S(=O)(=O)NCc1ncn[nH]1. The molecule has 0 saturated heterocycles. The third kappa shape index (κ3) is 2.61. The number of nitrogens with two attached hydrogens (primary N) is 1. The Morgan fingerprint density at radius 1 is 1.44 bits per heavy atom. The normalized spacial score (nSPS) is 11.4. The van der Waals surface area contributed by atoms with Crippen molar-refractivity contribution in [3.8, 4) is 0 Å². The first-order chi connectivity index (χ1) is 8.63. The first kappa shape index (κ1) is 12.4. The van der Waals surface area contributed by atoms with Gasteiger partial charge in [-0.05, 0) is 6.07 Å². The molecule has 0 aliphatic rings. The molecule has 0 aliphatic heterocycles. The fourth-order valence-corrected chi connectivity index (χ4v) is 2.37. The van der Waals surface area contributed by atoms with Gasteiger partial charge < -0.3 is 5.43 Å². The monoisotopic (exact) mass is 269 g/mol. The summed E-state index contributed by atoms with van der Waals surface area (Å²) in [6.45, 7) is 0.00123. The van der Waals surface area contributed by atoms with Crippen LogP contribution in [-0.2, 0) is 16.6 Å². The largest absolute Gasteiger partial charge is 0.323 e. The molecule has 2 aromatic rings. The number of aromatic amines is 1. The summed E-state index contributed by atoms with van der Waals surface area (Å²) in [6.07, 6.45) is 3.93. The molecule has 0 radical (unpaired) electrons. The Kier molecular flexibility index (Phi) is 3.50. The van der Waals surface area contributed by atoms with Gasteiger partial charge in [-0.25, -0.2) is 18.1 Å². The van der Waals surface area contributed by atoms with E-state index in [0.717, 1.165) is 0 Å². The number of anilines is 1. The van der Waals surface area contributed by atoms with E-state index < -0.39 is 10.0 Å². The van der Waals surface area contributed by atoms with Gasteiger partial charge in [-0.2, -0.15) is 5.10 Å². The number of hydrazine groups is 1. The van der Waals surface area contributed by atoms with Crippen LogP contribution < -0.4 is 16.0 Å². The van der Waals surface area contributed by atoms with Crippen molar-refractivity contribution in [2.45, 2.75) is 11.4 Å². The third-order valence-corrected chi connectivity index (χ3v) is 3.55. The van der Waals surface area contributed by atoms with E-state index in [2.05, 4.69) is 30.3 Å². The standard InChI is InChI=1S/C8H11N7O2S/c9-14-6-1-2-10-3-7(6)18(16,17)13-4-8-11-5-12-15-8/h1-3,5,13H,4,9H2,(H,10,14)(H,11,12,15). The Morgan fingerprint density at radius 2 is 2.28 bits per heavy atom. The van der Waals surface area contributed by atoms with Crippen LogP contribution in [0.5, 0.6) is 0 Å². The molecule has 10 heteroatoms. The number of nitrogen functional groups attached to an aromatic ring is 1. The molecule has 0 aromatic carbocycles. The Bertz CT molecular complexity index is 610. The van der Waals surface area contributed by atoms with E-state index in [-0.39, 0.29) is 17.1 Å². The van der Waals surface area contributed by atoms with E-state index in [1.165, 1.54) is 24.8 Å². The molecule has 0 bridgehead atoms. The first-order valence-corrected chi connectivity index (χ1v) is 6.36. The predicted molar refractivity (Wildman–Crippen MR) is 62.5 cm³/mol. The van der Waals surface area contributed by atoms with Crippen molar-refractivity contribution in [2.75, 3.05) is 5.43 Å². The molecule has 0 amide bonds.